The minimum atomic E-state index is -1.04. The molecule has 0 aromatic heterocycles. The highest BCUT2D eigenvalue weighted by atomic mass is 32.2. The molecule has 33 heavy (non-hydrogen) atoms. The summed E-state index contributed by atoms with van der Waals surface area (Å²) in [4.78, 5) is 35.9. The summed E-state index contributed by atoms with van der Waals surface area (Å²) < 4.78 is 5.49. The molecule has 0 fully saturated rings. The van der Waals surface area contributed by atoms with Crippen LogP contribution in [0.25, 0.3) is 11.1 Å². The normalized spacial score (nSPS) is 14.0. The molecule has 2 unspecified atom stereocenters. The Hall–Kier alpha value is -3.00. The van der Waals surface area contributed by atoms with Gasteiger partial charge in [0.2, 0.25) is 5.91 Å². The van der Waals surface area contributed by atoms with E-state index in [0.29, 0.717) is 18.6 Å². The molecule has 7 nitrogen and oxygen atoms in total. The first-order valence-corrected chi connectivity index (χ1v) is 12.4. The summed E-state index contributed by atoms with van der Waals surface area (Å²) in [6.07, 6.45) is 2.10. The Labute approximate surface area is 198 Å². The fraction of sp³-hybridized carbons (Fsp3) is 0.400. The standard InChI is InChI=1S/C25H30N2O5S/c1-16(23(28)27-22(24(29)30)12-14-33-2)11-13-26-25(31)32-15-21-19-9-5-3-7-17(19)18-8-4-6-10-20(18)21/h3-10,16,21-22H,11-15H2,1-2H3,(H,26,31)(H,27,28)(H,29,30). The Balaban J connectivity index is 1.45. The van der Waals surface area contributed by atoms with Crippen LogP contribution < -0.4 is 10.6 Å². The molecule has 3 rings (SSSR count). The summed E-state index contributed by atoms with van der Waals surface area (Å²) in [5.74, 6) is -1.18. The van der Waals surface area contributed by atoms with Gasteiger partial charge in [0.1, 0.15) is 12.6 Å². The van der Waals surface area contributed by atoms with Gasteiger partial charge in [-0.3, -0.25) is 4.79 Å². The quantitative estimate of drug-likeness (QED) is 0.460. The molecule has 2 amide bonds. The third-order valence-corrected chi connectivity index (χ3v) is 6.51. The van der Waals surface area contributed by atoms with Gasteiger partial charge in [0.15, 0.2) is 0 Å². The smallest absolute Gasteiger partial charge is 0.407 e. The topological polar surface area (TPSA) is 105 Å². The Kier molecular flexibility index (Phi) is 8.77. The molecule has 176 valence electrons. The number of carbonyl (C=O) groups excluding carboxylic acids is 2. The summed E-state index contributed by atoms with van der Waals surface area (Å²) in [5.41, 5.74) is 4.62. The van der Waals surface area contributed by atoms with E-state index >= 15 is 0 Å². The second kappa shape index (κ2) is 11.7. The van der Waals surface area contributed by atoms with Crippen molar-refractivity contribution in [3.8, 4) is 11.1 Å². The molecule has 8 heteroatoms. The second-order valence-electron chi connectivity index (χ2n) is 8.12. The van der Waals surface area contributed by atoms with Crippen molar-refractivity contribution in [3.05, 3.63) is 59.7 Å². The average molecular weight is 471 g/mol. The Morgan fingerprint density at radius 1 is 1.03 bits per heavy atom. The summed E-state index contributed by atoms with van der Waals surface area (Å²) in [5, 5.41) is 14.5. The maximum atomic E-state index is 12.3. The van der Waals surface area contributed by atoms with Crippen molar-refractivity contribution in [3.63, 3.8) is 0 Å². The van der Waals surface area contributed by atoms with Crippen molar-refractivity contribution in [2.45, 2.75) is 31.7 Å². The van der Waals surface area contributed by atoms with Gasteiger partial charge in [0, 0.05) is 18.4 Å². The number of thioether (sulfide) groups is 1. The molecule has 0 bridgehead atoms. The largest absolute Gasteiger partial charge is 0.480 e. The maximum absolute atomic E-state index is 12.3. The lowest BCUT2D eigenvalue weighted by molar-refractivity contribution is -0.142. The van der Waals surface area contributed by atoms with Crippen molar-refractivity contribution in [1.29, 1.82) is 0 Å². The molecule has 0 radical (unpaired) electrons. The Bertz CT molecular complexity index is 951. The lowest BCUT2D eigenvalue weighted by Gasteiger charge is -2.18. The zero-order chi connectivity index (χ0) is 23.8. The van der Waals surface area contributed by atoms with E-state index in [0.717, 1.165) is 11.1 Å². The molecule has 1 aliphatic rings. The first-order chi connectivity index (χ1) is 15.9. The predicted octanol–water partition coefficient (Wildman–Crippen LogP) is 3.87. The number of hydrogen-bond donors (Lipinski definition) is 3. The first kappa shape index (κ1) is 24.6. The fourth-order valence-electron chi connectivity index (χ4n) is 3.98. The molecule has 0 heterocycles. The van der Waals surface area contributed by atoms with Crippen LogP contribution in [0.1, 0.15) is 36.8 Å². The van der Waals surface area contributed by atoms with Crippen molar-refractivity contribution in [1.82, 2.24) is 10.6 Å². The van der Waals surface area contributed by atoms with Crippen LogP contribution >= 0.6 is 11.8 Å². The number of amides is 2. The van der Waals surface area contributed by atoms with Gasteiger partial charge in [-0.15, -0.1) is 0 Å². The number of carboxylic acid groups (broad SMARTS) is 1. The highest BCUT2D eigenvalue weighted by molar-refractivity contribution is 7.98. The highest BCUT2D eigenvalue weighted by Crippen LogP contribution is 2.44. The molecule has 2 aromatic carbocycles. The van der Waals surface area contributed by atoms with Crippen molar-refractivity contribution in [2.75, 3.05) is 25.2 Å². The molecular weight excluding hydrogens is 440 g/mol. The molecule has 1 aliphatic carbocycles. The number of hydrogen-bond acceptors (Lipinski definition) is 5. The minimum absolute atomic E-state index is 0.0120. The van der Waals surface area contributed by atoms with Gasteiger partial charge in [-0.1, -0.05) is 55.5 Å². The van der Waals surface area contributed by atoms with E-state index in [1.54, 1.807) is 6.92 Å². The summed E-state index contributed by atoms with van der Waals surface area (Å²) in [7, 11) is 0. The van der Waals surface area contributed by atoms with E-state index in [9.17, 15) is 19.5 Å². The number of nitrogens with one attached hydrogen (secondary N) is 2. The van der Waals surface area contributed by atoms with Crippen LogP contribution in [-0.2, 0) is 14.3 Å². The molecular formula is C25H30N2O5S. The van der Waals surface area contributed by atoms with Crippen LogP contribution in [0.4, 0.5) is 4.79 Å². The van der Waals surface area contributed by atoms with E-state index in [1.807, 2.05) is 30.5 Å². The average Bonchev–Trinajstić information content (AvgIpc) is 3.13. The molecule has 0 spiro atoms. The first-order valence-electron chi connectivity index (χ1n) is 11.0. The third kappa shape index (κ3) is 6.28. The van der Waals surface area contributed by atoms with Gasteiger partial charge in [-0.2, -0.15) is 11.8 Å². The van der Waals surface area contributed by atoms with Crippen molar-refractivity contribution < 1.29 is 24.2 Å². The number of benzene rings is 2. The van der Waals surface area contributed by atoms with Gasteiger partial charge in [-0.25, -0.2) is 9.59 Å². The van der Waals surface area contributed by atoms with Crippen LogP contribution in [0.2, 0.25) is 0 Å². The zero-order valence-corrected chi connectivity index (χ0v) is 19.7. The Morgan fingerprint density at radius 2 is 1.64 bits per heavy atom. The third-order valence-electron chi connectivity index (χ3n) is 5.86. The van der Waals surface area contributed by atoms with Gasteiger partial charge >= 0.3 is 12.1 Å². The monoisotopic (exact) mass is 470 g/mol. The van der Waals surface area contributed by atoms with Gasteiger partial charge < -0.3 is 20.5 Å². The summed E-state index contributed by atoms with van der Waals surface area (Å²) in [6.45, 7) is 2.20. The molecule has 0 saturated heterocycles. The van der Waals surface area contributed by atoms with Crippen LogP contribution in [0.5, 0.6) is 0 Å². The van der Waals surface area contributed by atoms with Gasteiger partial charge in [0.05, 0.1) is 0 Å². The van der Waals surface area contributed by atoms with E-state index < -0.39 is 24.0 Å². The number of alkyl carbamates (subject to hydrolysis) is 1. The molecule has 2 atom stereocenters. The maximum Gasteiger partial charge on any atom is 0.407 e. The van der Waals surface area contributed by atoms with Crippen molar-refractivity contribution in [2.24, 2.45) is 5.92 Å². The molecule has 0 aliphatic heterocycles. The van der Waals surface area contributed by atoms with Crippen LogP contribution in [0, 0.1) is 5.92 Å². The number of aliphatic carboxylic acids is 1. The summed E-state index contributed by atoms with van der Waals surface area (Å²) in [6, 6.07) is 15.4. The Morgan fingerprint density at radius 3 is 2.21 bits per heavy atom. The fourth-order valence-corrected chi connectivity index (χ4v) is 4.45. The van der Waals surface area contributed by atoms with Crippen LogP contribution in [0.15, 0.2) is 48.5 Å². The number of rotatable bonds is 11. The van der Waals surface area contributed by atoms with E-state index in [2.05, 4.69) is 34.9 Å². The van der Waals surface area contributed by atoms with Crippen molar-refractivity contribution >= 4 is 29.7 Å². The van der Waals surface area contributed by atoms with E-state index in [1.165, 1.54) is 22.9 Å². The second-order valence-corrected chi connectivity index (χ2v) is 9.11. The predicted molar refractivity (Wildman–Crippen MR) is 129 cm³/mol. The number of carboxylic acids is 1. The van der Waals surface area contributed by atoms with E-state index in [-0.39, 0.29) is 25.0 Å². The van der Waals surface area contributed by atoms with Crippen LogP contribution in [-0.4, -0.2) is 54.3 Å². The lowest BCUT2D eigenvalue weighted by atomic mass is 9.98. The molecule has 2 aromatic rings. The van der Waals surface area contributed by atoms with Gasteiger partial charge in [0.25, 0.3) is 0 Å². The highest BCUT2D eigenvalue weighted by Gasteiger charge is 2.29. The number of fused-ring (bicyclic) bond motifs is 3. The number of carbonyl (C=O) groups is 3. The zero-order valence-electron chi connectivity index (χ0n) is 18.9. The molecule has 3 N–H and O–H groups in total. The van der Waals surface area contributed by atoms with Gasteiger partial charge in [-0.05, 0) is 47.1 Å². The minimum Gasteiger partial charge on any atom is -0.480 e. The number of ether oxygens (including phenoxy) is 1. The molecule has 0 saturated carbocycles. The SMILES string of the molecule is CSCCC(NC(=O)C(C)CCNC(=O)OCC1c2ccccc2-c2ccccc21)C(=O)O. The van der Waals surface area contributed by atoms with E-state index in [4.69, 9.17) is 4.74 Å². The van der Waals surface area contributed by atoms with Crippen LogP contribution in [0.3, 0.4) is 0 Å². The lowest BCUT2D eigenvalue weighted by Crippen LogP contribution is -2.44. The summed E-state index contributed by atoms with van der Waals surface area (Å²) >= 11 is 1.53.